The highest BCUT2D eigenvalue weighted by Gasteiger charge is 2.12. The van der Waals surface area contributed by atoms with Crippen LogP contribution in [0.1, 0.15) is 82.3 Å². The lowest BCUT2D eigenvalue weighted by molar-refractivity contribution is -0.145. The van der Waals surface area contributed by atoms with Crippen LogP contribution in [0.25, 0.3) is 0 Å². The van der Waals surface area contributed by atoms with Crippen LogP contribution < -0.4 is 0 Å². The number of carbonyl (C=O) groups excluding carboxylic acids is 1. The van der Waals surface area contributed by atoms with Gasteiger partial charge in [-0.05, 0) is 6.42 Å². The number of carbonyl (C=O) groups is 1. The maximum Gasteiger partial charge on any atom is 0.307 e. The first-order valence-corrected chi connectivity index (χ1v) is 9.06. The van der Waals surface area contributed by atoms with Crippen LogP contribution >= 0.6 is 11.6 Å². The van der Waals surface area contributed by atoms with Crippen molar-refractivity contribution in [1.29, 1.82) is 0 Å². The SMILES string of the molecule is CCCCCCCCCCCC(=O)OC(Cl)c1ccccc1. The van der Waals surface area contributed by atoms with Gasteiger partial charge < -0.3 is 4.74 Å². The summed E-state index contributed by atoms with van der Waals surface area (Å²) in [5.41, 5.74) is 0.150. The molecule has 1 unspecified atom stereocenters. The highest BCUT2D eigenvalue weighted by Crippen LogP contribution is 2.22. The molecule has 0 aliphatic rings. The summed E-state index contributed by atoms with van der Waals surface area (Å²) < 4.78 is 5.23. The molecule has 0 saturated heterocycles. The zero-order valence-corrected chi connectivity index (χ0v) is 14.5. The molecule has 1 aromatic carbocycles. The van der Waals surface area contributed by atoms with Gasteiger partial charge in [0.05, 0.1) is 0 Å². The minimum atomic E-state index is -0.674. The van der Waals surface area contributed by atoms with E-state index in [-0.39, 0.29) is 5.97 Å². The normalized spacial score (nSPS) is 12.1. The maximum absolute atomic E-state index is 11.7. The van der Waals surface area contributed by atoms with Gasteiger partial charge in [-0.2, -0.15) is 0 Å². The van der Waals surface area contributed by atoms with Crippen LogP contribution in [0.3, 0.4) is 0 Å². The van der Waals surface area contributed by atoms with Crippen molar-refractivity contribution in [1.82, 2.24) is 0 Å². The molecule has 0 aliphatic carbocycles. The minimum absolute atomic E-state index is 0.202. The van der Waals surface area contributed by atoms with Gasteiger partial charge in [-0.15, -0.1) is 0 Å². The molecule has 1 rings (SSSR count). The fraction of sp³-hybridized carbons (Fsp3) is 0.632. The molecule has 1 atom stereocenters. The Kier molecular flexibility index (Phi) is 10.8. The van der Waals surface area contributed by atoms with Crippen LogP contribution in [0.5, 0.6) is 0 Å². The Hall–Kier alpha value is -1.02. The number of ether oxygens (including phenoxy) is 1. The molecular weight excluding hydrogens is 296 g/mol. The van der Waals surface area contributed by atoms with E-state index in [0.717, 1.165) is 18.4 Å². The Morgan fingerprint density at radius 2 is 1.50 bits per heavy atom. The average molecular weight is 325 g/mol. The first-order valence-electron chi connectivity index (χ1n) is 8.62. The Morgan fingerprint density at radius 1 is 0.955 bits per heavy atom. The second-order valence-electron chi connectivity index (χ2n) is 5.80. The van der Waals surface area contributed by atoms with Gasteiger partial charge in [0.15, 0.2) is 0 Å². The summed E-state index contributed by atoms with van der Waals surface area (Å²) in [5.74, 6) is -0.202. The van der Waals surface area contributed by atoms with Crippen LogP contribution in [0.15, 0.2) is 30.3 Å². The fourth-order valence-corrected chi connectivity index (χ4v) is 2.67. The largest absolute Gasteiger partial charge is 0.441 e. The van der Waals surface area contributed by atoms with Crippen molar-refractivity contribution in [2.45, 2.75) is 76.7 Å². The molecular formula is C19H29ClO2. The molecule has 0 aromatic heterocycles. The van der Waals surface area contributed by atoms with Gasteiger partial charge in [0.1, 0.15) is 0 Å². The van der Waals surface area contributed by atoms with Gasteiger partial charge >= 0.3 is 5.97 Å². The molecule has 0 saturated carbocycles. The summed E-state index contributed by atoms with van der Waals surface area (Å²) in [5, 5.41) is 0. The van der Waals surface area contributed by atoms with Crippen molar-refractivity contribution in [2.24, 2.45) is 0 Å². The summed E-state index contributed by atoms with van der Waals surface area (Å²) in [6.45, 7) is 2.24. The van der Waals surface area contributed by atoms with Crippen LogP contribution in [-0.2, 0) is 9.53 Å². The molecule has 0 spiro atoms. The molecule has 0 radical (unpaired) electrons. The number of hydrogen-bond donors (Lipinski definition) is 0. The van der Waals surface area contributed by atoms with Crippen LogP contribution in [0, 0.1) is 0 Å². The number of alkyl halides is 1. The maximum atomic E-state index is 11.7. The quantitative estimate of drug-likeness (QED) is 0.253. The minimum Gasteiger partial charge on any atom is -0.441 e. The monoisotopic (exact) mass is 324 g/mol. The highest BCUT2D eigenvalue weighted by molar-refractivity contribution is 6.20. The number of esters is 1. The average Bonchev–Trinajstić information content (AvgIpc) is 2.54. The summed E-state index contributed by atoms with van der Waals surface area (Å²) in [7, 11) is 0. The van der Waals surface area contributed by atoms with Gasteiger partial charge in [-0.25, -0.2) is 0 Å². The summed E-state index contributed by atoms with van der Waals surface area (Å²) >= 11 is 6.08. The second-order valence-corrected chi connectivity index (χ2v) is 6.19. The lowest BCUT2D eigenvalue weighted by atomic mass is 10.1. The number of unbranched alkanes of at least 4 members (excludes halogenated alkanes) is 8. The fourth-order valence-electron chi connectivity index (χ4n) is 2.43. The van der Waals surface area contributed by atoms with E-state index in [1.165, 1.54) is 44.9 Å². The Morgan fingerprint density at radius 3 is 2.09 bits per heavy atom. The highest BCUT2D eigenvalue weighted by atomic mass is 35.5. The van der Waals surface area contributed by atoms with E-state index < -0.39 is 5.56 Å². The number of halogens is 1. The molecule has 0 fully saturated rings. The third-order valence-corrected chi connectivity index (χ3v) is 4.12. The zero-order valence-electron chi connectivity index (χ0n) is 13.7. The number of hydrogen-bond acceptors (Lipinski definition) is 2. The van der Waals surface area contributed by atoms with Crippen molar-refractivity contribution in [2.75, 3.05) is 0 Å². The van der Waals surface area contributed by atoms with Gasteiger partial charge in [0, 0.05) is 12.0 Å². The van der Waals surface area contributed by atoms with Crippen molar-refractivity contribution >= 4 is 17.6 Å². The molecule has 124 valence electrons. The molecule has 0 N–H and O–H groups in total. The van der Waals surface area contributed by atoms with Gasteiger partial charge in [-0.3, -0.25) is 4.79 Å². The first-order chi connectivity index (χ1) is 10.7. The van der Waals surface area contributed by atoms with Gasteiger partial charge in [0.25, 0.3) is 0 Å². The first kappa shape index (κ1) is 19.0. The van der Waals surface area contributed by atoms with Crippen LogP contribution in [-0.4, -0.2) is 5.97 Å². The van der Waals surface area contributed by atoms with Gasteiger partial charge in [0.2, 0.25) is 5.56 Å². The third kappa shape index (κ3) is 9.09. The lowest BCUT2D eigenvalue weighted by Gasteiger charge is -2.11. The van der Waals surface area contributed by atoms with Crippen LogP contribution in [0.4, 0.5) is 0 Å². The lowest BCUT2D eigenvalue weighted by Crippen LogP contribution is -2.06. The molecule has 0 aliphatic heterocycles. The second kappa shape index (κ2) is 12.5. The van der Waals surface area contributed by atoms with E-state index in [0.29, 0.717) is 6.42 Å². The van der Waals surface area contributed by atoms with Crippen molar-refractivity contribution in [3.63, 3.8) is 0 Å². The molecule has 0 bridgehead atoms. The van der Waals surface area contributed by atoms with E-state index in [1.807, 2.05) is 30.3 Å². The molecule has 3 heteroatoms. The number of rotatable bonds is 12. The van der Waals surface area contributed by atoms with E-state index >= 15 is 0 Å². The predicted molar refractivity (Wildman–Crippen MR) is 93.0 cm³/mol. The van der Waals surface area contributed by atoms with E-state index in [2.05, 4.69) is 6.92 Å². The van der Waals surface area contributed by atoms with Gasteiger partial charge in [-0.1, -0.05) is 100 Å². The molecule has 0 amide bonds. The number of benzene rings is 1. The molecule has 2 nitrogen and oxygen atoms in total. The summed E-state index contributed by atoms with van der Waals surface area (Å²) in [6.07, 6.45) is 11.6. The molecule has 1 aromatic rings. The standard InChI is InChI=1S/C19H29ClO2/c1-2-3-4-5-6-7-8-9-13-16-18(21)22-19(20)17-14-11-10-12-15-17/h10-12,14-15,19H,2-9,13,16H2,1H3. The Labute approximate surface area is 140 Å². The van der Waals surface area contributed by atoms with E-state index in [9.17, 15) is 4.79 Å². The zero-order chi connectivity index (χ0) is 16.0. The predicted octanol–water partition coefficient (Wildman–Crippen LogP) is 6.39. The van der Waals surface area contributed by atoms with Crippen molar-refractivity contribution in [3.8, 4) is 0 Å². The third-order valence-electron chi connectivity index (χ3n) is 3.78. The topological polar surface area (TPSA) is 26.3 Å². The molecule has 22 heavy (non-hydrogen) atoms. The van der Waals surface area contributed by atoms with Crippen molar-refractivity contribution < 1.29 is 9.53 Å². The summed E-state index contributed by atoms with van der Waals surface area (Å²) in [4.78, 5) is 11.7. The summed E-state index contributed by atoms with van der Waals surface area (Å²) in [6, 6.07) is 9.42. The van der Waals surface area contributed by atoms with Crippen molar-refractivity contribution in [3.05, 3.63) is 35.9 Å². The Bertz CT molecular complexity index is 392. The smallest absolute Gasteiger partial charge is 0.307 e. The Balaban J connectivity index is 2.00. The van der Waals surface area contributed by atoms with Crippen LogP contribution in [0.2, 0.25) is 0 Å². The molecule has 0 heterocycles. The van der Waals surface area contributed by atoms with E-state index in [4.69, 9.17) is 16.3 Å². The van der Waals surface area contributed by atoms with E-state index in [1.54, 1.807) is 0 Å².